The number of anilines is 2. The van der Waals surface area contributed by atoms with Crippen LogP contribution in [0, 0.1) is 0 Å². The average Bonchev–Trinajstić information content (AvgIpc) is 3.01. The van der Waals surface area contributed by atoms with E-state index in [0.29, 0.717) is 48.5 Å². The Balaban J connectivity index is 1.69. The first-order valence-corrected chi connectivity index (χ1v) is 14.5. The number of phenols is 1. The number of unbranched alkanes of at least 4 members (excludes halogenated alkanes) is 3. The lowest BCUT2D eigenvalue weighted by molar-refractivity contribution is 0.303. The van der Waals surface area contributed by atoms with Gasteiger partial charge >= 0.3 is 0 Å². The normalized spacial score (nSPS) is 11.0. The molecule has 0 bridgehead atoms. The van der Waals surface area contributed by atoms with Crippen LogP contribution in [0.5, 0.6) is 11.5 Å². The zero-order chi connectivity index (χ0) is 29.9. The molecule has 0 atom stereocenters. The van der Waals surface area contributed by atoms with E-state index in [4.69, 9.17) is 19.7 Å². The standard InChI is InChI=1S/C33H41N5O4/c1-4-5-6-7-22-42-28-16-17-29(30(41)23-28)33-35-31(24-8-12-26(13-9-24)37(2)18-20-39)34-32(36-33)25-10-14-27(15-11-25)38(3)19-21-40/h8-17,23,39-41H,4-7,18-22H2,1-3H3. The Labute approximate surface area is 248 Å². The molecule has 0 aliphatic rings. The zero-order valence-corrected chi connectivity index (χ0v) is 24.7. The molecule has 0 spiro atoms. The van der Waals surface area contributed by atoms with Crippen LogP contribution in [0.3, 0.4) is 0 Å². The van der Waals surface area contributed by atoms with Gasteiger partial charge in [0.1, 0.15) is 11.5 Å². The monoisotopic (exact) mass is 571 g/mol. The molecule has 0 unspecified atom stereocenters. The predicted molar refractivity (Wildman–Crippen MR) is 168 cm³/mol. The van der Waals surface area contributed by atoms with Gasteiger partial charge in [-0.3, -0.25) is 0 Å². The Morgan fingerprint density at radius 2 is 1.19 bits per heavy atom. The highest BCUT2D eigenvalue weighted by molar-refractivity contribution is 5.71. The molecule has 0 aliphatic carbocycles. The molecule has 1 aromatic heterocycles. The molecule has 0 aliphatic heterocycles. The lowest BCUT2D eigenvalue weighted by Gasteiger charge is -2.18. The maximum Gasteiger partial charge on any atom is 0.167 e. The first-order chi connectivity index (χ1) is 20.4. The van der Waals surface area contributed by atoms with E-state index < -0.39 is 0 Å². The fraction of sp³-hybridized carbons (Fsp3) is 0.364. The van der Waals surface area contributed by atoms with E-state index in [0.717, 1.165) is 35.3 Å². The number of hydrogen-bond acceptors (Lipinski definition) is 9. The molecule has 9 nitrogen and oxygen atoms in total. The molecule has 3 aromatic carbocycles. The minimum atomic E-state index is 0.0334. The van der Waals surface area contributed by atoms with E-state index in [-0.39, 0.29) is 19.0 Å². The van der Waals surface area contributed by atoms with Crippen molar-refractivity contribution in [3.63, 3.8) is 0 Å². The second-order valence-corrected chi connectivity index (χ2v) is 10.3. The fourth-order valence-corrected chi connectivity index (χ4v) is 4.55. The Hall–Kier alpha value is -4.21. The van der Waals surface area contributed by atoms with Crippen molar-refractivity contribution in [3.8, 4) is 45.7 Å². The molecule has 0 saturated heterocycles. The summed E-state index contributed by atoms with van der Waals surface area (Å²) < 4.78 is 5.85. The maximum absolute atomic E-state index is 11.0. The van der Waals surface area contributed by atoms with Crippen molar-refractivity contribution in [1.29, 1.82) is 0 Å². The van der Waals surface area contributed by atoms with Crippen molar-refractivity contribution in [2.24, 2.45) is 0 Å². The van der Waals surface area contributed by atoms with E-state index >= 15 is 0 Å². The number of aliphatic hydroxyl groups excluding tert-OH is 2. The van der Waals surface area contributed by atoms with Crippen LogP contribution < -0.4 is 14.5 Å². The van der Waals surface area contributed by atoms with Gasteiger partial charge in [-0.1, -0.05) is 26.2 Å². The summed E-state index contributed by atoms with van der Waals surface area (Å²) in [6.07, 6.45) is 4.44. The van der Waals surface area contributed by atoms with E-state index in [1.54, 1.807) is 12.1 Å². The Bertz CT molecular complexity index is 1340. The number of rotatable bonds is 15. The van der Waals surface area contributed by atoms with Gasteiger partial charge in [0.15, 0.2) is 17.5 Å². The van der Waals surface area contributed by atoms with Gasteiger partial charge < -0.3 is 29.9 Å². The predicted octanol–water partition coefficient (Wildman–Crippen LogP) is 5.39. The number of nitrogens with zero attached hydrogens (tertiary/aromatic N) is 5. The Morgan fingerprint density at radius 1 is 0.667 bits per heavy atom. The van der Waals surface area contributed by atoms with E-state index in [9.17, 15) is 15.3 Å². The molecule has 9 heteroatoms. The second kappa shape index (κ2) is 15.1. The minimum Gasteiger partial charge on any atom is -0.507 e. The summed E-state index contributed by atoms with van der Waals surface area (Å²) in [5, 5.41) is 29.5. The SMILES string of the molecule is CCCCCCOc1ccc(-c2nc(-c3ccc(N(C)CCO)cc3)nc(-c3ccc(N(C)CCO)cc3)n2)c(O)c1. The molecule has 0 radical (unpaired) electrons. The van der Waals surface area contributed by atoms with Crippen molar-refractivity contribution in [2.75, 3.05) is 56.8 Å². The van der Waals surface area contributed by atoms with Gasteiger partial charge in [0, 0.05) is 55.8 Å². The molecule has 1 heterocycles. The molecule has 4 aromatic rings. The van der Waals surface area contributed by atoms with Gasteiger partial charge in [0.25, 0.3) is 0 Å². The van der Waals surface area contributed by atoms with E-state index in [2.05, 4.69) is 6.92 Å². The summed E-state index contributed by atoms with van der Waals surface area (Å²) in [7, 11) is 3.85. The molecule has 222 valence electrons. The van der Waals surface area contributed by atoms with Gasteiger partial charge in [-0.15, -0.1) is 0 Å². The van der Waals surface area contributed by atoms with Crippen LogP contribution in [0.1, 0.15) is 32.6 Å². The van der Waals surface area contributed by atoms with Gasteiger partial charge in [-0.05, 0) is 67.1 Å². The van der Waals surface area contributed by atoms with Gasteiger partial charge in [0.2, 0.25) is 0 Å². The number of ether oxygens (including phenoxy) is 1. The van der Waals surface area contributed by atoms with Crippen LogP contribution >= 0.6 is 0 Å². The second-order valence-electron chi connectivity index (χ2n) is 10.3. The average molecular weight is 572 g/mol. The van der Waals surface area contributed by atoms with Crippen molar-refractivity contribution < 1.29 is 20.1 Å². The van der Waals surface area contributed by atoms with Crippen LogP contribution in [-0.4, -0.2) is 77.3 Å². The molecule has 4 rings (SSSR count). The quantitative estimate of drug-likeness (QED) is 0.161. The third kappa shape index (κ3) is 7.96. The summed E-state index contributed by atoms with van der Waals surface area (Å²) in [4.78, 5) is 18.2. The summed E-state index contributed by atoms with van der Waals surface area (Å²) in [5.41, 5.74) is 4.01. The van der Waals surface area contributed by atoms with Crippen molar-refractivity contribution in [3.05, 3.63) is 66.7 Å². The fourth-order valence-electron chi connectivity index (χ4n) is 4.55. The number of phenolic OH excluding ortho intramolecular Hbond substituents is 1. The van der Waals surface area contributed by atoms with Gasteiger partial charge in [-0.25, -0.2) is 15.0 Å². The van der Waals surface area contributed by atoms with Crippen LogP contribution in [0.25, 0.3) is 34.2 Å². The van der Waals surface area contributed by atoms with E-state index in [1.807, 2.05) is 78.5 Å². The summed E-state index contributed by atoms with van der Waals surface area (Å²) in [6.45, 7) is 3.97. The van der Waals surface area contributed by atoms with Crippen LogP contribution in [-0.2, 0) is 0 Å². The van der Waals surface area contributed by atoms with Crippen LogP contribution in [0.15, 0.2) is 66.7 Å². The highest BCUT2D eigenvalue weighted by Crippen LogP contribution is 2.33. The smallest absolute Gasteiger partial charge is 0.167 e. The molecular weight excluding hydrogens is 530 g/mol. The molecule has 42 heavy (non-hydrogen) atoms. The highest BCUT2D eigenvalue weighted by Gasteiger charge is 2.16. The third-order valence-corrected chi connectivity index (χ3v) is 7.12. The first kappa shape index (κ1) is 30.7. The summed E-state index contributed by atoms with van der Waals surface area (Å²) in [5.74, 6) is 1.94. The lowest BCUT2D eigenvalue weighted by Crippen LogP contribution is -2.20. The number of aliphatic hydroxyl groups is 2. The number of benzene rings is 3. The van der Waals surface area contributed by atoms with Crippen molar-refractivity contribution >= 4 is 11.4 Å². The topological polar surface area (TPSA) is 115 Å². The number of aromatic hydroxyl groups is 1. The maximum atomic E-state index is 11.0. The Kier molecular flexibility index (Phi) is 11.1. The lowest BCUT2D eigenvalue weighted by atomic mass is 10.1. The number of likely N-dealkylation sites (N-methyl/N-ethyl adjacent to an activating group) is 2. The van der Waals surface area contributed by atoms with Crippen molar-refractivity contribution in [2.45, 2.75) is 32.6 Å². The largest absolute Gasteiger partial charge is 0.507 e. The first-order valence-electron chi connectivity index (χ1n) is 14.5. The summed E-state index contributed by atoms with van der Waals surface area (Å²) in [6, 6.07) is 20.8. The van der Waals surface area contributed by atoms with Gasteiger partial charge in [0.05, 0.1) is 25.4 Å². The Morgan fingerprint density at radius 3 is 1.67 bits per heavy atom. The molecule has 3 N–H and O–H groups in total. The number of hydrogen-bond donors (Lipinski definition) is 3. The minimum absolute atomic E-state index is 0.0334. The van der Waals surface area contributed by atoms with Gasteiger partial charge in [-0.2, -0.15) is 0 Å². The third-order valence-electron chi connectivity index (χ3n) is 7.12. The molecule has 0 saturated carbocycles. The van der Waals surface area contributed by atoms with E-state index in [1.165, 1.54) is 12.8 Å². The van der Waals surface area contributed by atoms with Crippen LogP contribution in [0.2, 0.25) is 0 Å². The summed E-state index contributed by atoms with van der Waals surface area (Å²) >= 11 is 0. The number of aromatic nitrogens is 3. The molecule has 0 amide bonds. The van der Waals surface area contributed by atoms with Crippen LogP contribution in [0.4, 0.5) is 11.4 Å². The molecular formula is C33H41N5O4. The van der Waals surface area contributed by atoms with Crippen molar-refractivity contribution in [1.82, 2.24) is 15.0 Å². The highest BCUT2D eigenvalue weighted by atomic mass is 16.5. The zero-order valence-electron chi connectivity index (χ0n) is 24.7. The molecule has 0 fully saturated rings.